The van der Waals surface area contributed by atoms with Crippen molar-refractivity contribution in [2.45, 2.75) is 45.7 Å². The van der Waals surface area contributed by atoms with Gasteiger partial charge in [0.15, 0.2) is 5.17 Å². The molecule has 1 aromatic rings. The first-order valence-electron chi connectivity index (χ1n) is 6.35. The Kier molecular flexibility index (Phi) is 4.22. The molecule has 1 aliphatic heterocycles. The van der Waals surface area contributed by atoms with Crippen LogP contribution >= 0.6 is 11.8 Å². The molecular weight excluding hydrogens is 244 g/mol. The van der Waals surface area contributed by atoms with Crippen molar-refractivity contribution in [2.24, 2.45) is 4.99 Å². The summed E-state index contributed by atoms with van der Waals surface area (Å²) in [7, 11) is 0. The van der Waals surface area contributed by atoms with E-state index >= 15 is 0 Å². The van der Waals surface area contributed by atoms with Crippen LogP contribution in [0.15, 0.2) is 17.3 Å². The van der Waals surface area contributed by atoms with Gasteiger partial charge in [0.25, 0.3) is 0 Å². The van der Waals surface area contributed by atoms with Gasteiger partial charge in [-0.3, -0.25) is 4.99 Å². The largest absolute Gasteiger partial charge is 0.360 e. The van der Waals surface area contributed by atoms with Crippen molar-refractivity contribution < 1.29 is 0 Å². The summed E-state index contributed by atoms with van der Waals surface area (Å²) in [5.74, 6) is 1.94. The Morgan fingerprint density at radius 3 is 3.11 bits per heavy atom. The third-order valence-electron chi connectivity index (χ3n) is 3.30. The second kappa shape index (κ2) is 5.69. The van der Waals surface area contributed by atoms with Crippen molar-refractivity contribution in [1.82, 2.24) is 15.3 Å². The van der Waals surface area contributed by atoms with Crippen molar-refractivity contribution in [2.75, 3.05) is 5.75 Å². The van der Waals surface area contributed by atoms with Gasteiger partial charge in [0.1, 0.15) is 5.82 Å². The molecule has 0 bridgehead atoms. The minimum Gasteiger partial charge on any atom is -0.360 e. The summed E-state index contributed by atoms with van der Waals surface area (Å²) in [5.41, 5.74) is 1.17. The van der Waals surface area contributed by atoms with Crippen molar-refractivity contribution in [3.8, 4) is 0 Å². The van der Waals surface area contributed by atoms with Crippen LogP contribution in [0.4, 0.5) is 0 Å². The second-order valence-electron chi connectivity index (χ2n) is 4.85. The fourth-order valence-corrected chi connectivity index (χ4v) is 3.05. The van der Waals surface area contributed by atoms with E-state index in [2.05, 4.69) is 34.1 Å². The molecule has 1 aromatic heterocycles. The Morgan fingerprint density at radius 1 is 1.56 bits per heavy atom. The van der Waals surface area contributed by atoms with E-state index in [1.54, 1.807) is 18.0 Å². The van der Waals surface area contributed by atoms with Gasteiger partial charge in [-0.25, -0.2) is 9.97 Å². The summed E-state index contributed by atoms with van der Waals surface area (Å²) in [6.45, 7) is 7.00. The molecule has 2 heterocycles. The molecule has 0 saturated carbocycles. The number of aromatic nitrogens is 2. The van der Waals surface area contributed by atoms with Crippen LogP contribution in [0.1, 0.15) is 38.2 Å². The van der Waals surface area contributed by atoms with Gasteiger partial charge in [-0.2, -0.15) is 0 Å². The van der Waals surface area contributed by atoms with Gasteiger partial charge >= 0.3 is 0 Å². The number of thioether (sulfide) groups is 1. The van der Waals surface area contributed by atoms with Crippen LogP contribution in [0, 0.1) is 6.92 Å². The van der Waals surface area contributed by atoms with Crippen molar-refractivity contribution >= 4 is 16.9 Å². The van der Waals surface area contributed by atoms with E-state index in [0.29, 0.717) is 6.54 Å². The van der Waals surface area contributed by atoms with Gasteiger partial charge in [0, 0.05) is 17.5 Å². The van der Waals surface area contributed by atoms with Crippen molar-refractivity contribution in [3.05, 3.63) is 23.8 Å². The predicted molar refractivity (Wildman–Crippen MR) is 76.8 cm³/mol. The zero-order chi connectivity index (χ0) is 13.0. The molecule has 1 saturated heterocycles. The summed E-state index contributed by atoms with van der Waals surface area (Å²) >= 11 is 1.80. The highest BCUT2D eigenvalue weighted by Crippen LogP contribution is 2.24. The Bertz CT molecular complexity index is 446. The minimum absolute atomic E-state index is 0.200. The van der Waals surface area contributed by atoms with E-state index in [9.17, 15) is 0 Å². The fourth-order valence-electron chi connectivity index (χ4n) is 1.83. The molecule has 2 rings (SSSR count). The molecule has 98 valence electrons. The lowest BCUT2D eigenvalue weighted by Gasteiger charge is -2.35. The van der Waals surface area contributed by atoms with E-state index in [4.69, 9.17) is 0 Å². The number of nitrogens with zero attached hydrogens (tertiary/aromatic N) is 3. The molecule has 1 atom stereocenters. The lowest BCUT2D eigenvalue weighted by Crippen LogP contribution is -2.48. The lowest BCUT2D eigenvalue weighted by molar-refractivity contribution is 0.390. The molecule has 5 heteroatoms. The molecule has 1 N–H and O–H groups in total. The molecule has 1 fully saturated rings. The normalized spacial score (nSPS) is 26.1. The highest BCUT2D eigenvalue weighted by atomic mass is 32.2. The van der Waals surface area contributed by atoms with Crippen LogP contribution in [-0.4, -0.2) is 26.4 Å². The zero-order valence-corrected chi connectivity index (χ0v) is 12.0. The molecule has 0 spiro atoms. The van der Waals surface area contributed by atoms with Gasteiger partial charge in [-0.15, -0.1) is 0 Å². The van der Waals surface area contributed by atoms with E-state index in [1.165, 1.54) is 6.42 Å². The molecule has 18 heavy (non-hydrogen) atoms. The van der Waals surface area contributed by atoms with Crippen LogP contribution in [0.25, 0.3) is 0 Å². The summed E-state index contributed by atoms with van der Waals surface area (Å²) in [6.07, 6.45) is 4.11. The Hall–Kier alpha value is -1.10. The maximum absolute atomic E-state index is 4.62. The standard InChI is InChI=1S/C13H20N4S/c1-4-13(3)6-8-18-12(17-13)15-9-11-5-7-14-10(2)16-11/h5,7H,4,6,8-9H2,1-3H3,(H,15,17). The first-order chi connectivity index (χ1) is 8.61. The van der Waals surface area contributed by atoms with Gasteiger partial charge in [0.2, 0.25) is 0 Å². The van der Waals surface area contributed by atoms with Crippen LogP contribution in [0.2, 0.25) is 0 Å². The molecule has 0 aromatic carbocycles. The highest BCUT2D eigenvalue weighted by molar-refractivity contribution is 8.13. The number of rotatable bonds is 3. The molecule has 4 nitrogen and oxygen atoms in total. The number of hydrogen-bond donors (Lipinski definition) is 1. The fraction of sp³-hybridized carbons (Fsp3) is 0.615. The van der Waals surface area contributed by atoms with E-state index in [1.807, 2.05) is 13.0 Å². The van der Waals surface area contributed by atoms with Crippen molar-refractivity contribution in [3.63, 3.8) is 0 Å². The van der Waals surface area contributed by atoms with Crippen LogP contribution < -0.4 is 5.32 Å². The van der Waals surface area contributed by atoms with Crippen LogP contribution in [0.3, 0.4) is 0 Å². The van der Waals surface area contributed by atoms with E-state index in [0.717, 1.165) is 28.9 Å². The third kappa shape index (κ3) is 3.45. The smallest absolute Gasteiger partial charge is 0.157 e. The summed E-state index contributed by atoms with van der Waals surface area (Å²) in [5, 5.41) is 4.58. The summed E-state index contributed by atoms with van der Waals surface area (Å²) in [6, 6.07) is 1.92. The maximum atomic E-state index is 4.62. The van der Waals surface area contributed by atoms with E-state index in [-0.39, 0.29) is 5.54 Å². The first-order valence-corrected chi connectivity index (χ1v) is 7.34. The highest BCUT2D eigenvalue weighted by Gasteiger charge is 2.27. The van der Waals surface area contributed by atoms with Crippen molar-refractivity contribution in [1.29, 1.82) is 0 Å². The lowest BCUT2D eigenvalue weighted by atomic mass is 9.96. The van der Waals surface area contributed by atoms with Crippen LogP contribution in [-0.2, 0) is 6.54 Å². The maximum Gasteiger partial charge on any atom is 0.157 e. The average molecular weight is 264 g/mol. The molecule has 1 unspecified atom stereocenters. The Morgan fingerprint density at radius 2 is 2.39 bits per heavy atom. The zero-order valence-electron chi connectivity index (χ0n) is 11.2. The van der Waals surface area contributed by atoms with Crippen LogP contribution in [0.5, 0.6) is 0 Å². The second-order valence-corrected chi connectivity index (χ2v) is 5.94. The number of nitrogens with one attached hydrogen (secondary N) is 1. The quantitative estimate of drug-likeness (QED) is 0.911. The predicted octanol–water partition coefficient (Wildman–Crippen LogP) is 2.54. The topological polar surface area (TPSA) is 50.2 Å². The molecule has 0 aliphatic carbocycles. The van der Waals surface area contributed by atoms with Gasteiger partial charge in [-0.1, -0.05) is 18.7 Å². The molecule has 0 amide bonds. The SMILES string of the molecule is CCC1(C)CCSC(=NCc2ccnc(C)n2)N1. The first kappa shape index (κ1) is 13.3. The summed E-state index contributed by atoms with van der Waals surface area (Å²) < 4.78 is 0. The number of amidine groups is 1. The van der Waals surface area contributed by atoms with Gasteiger partial charge in [-0.05, 0) is 32.8 Å². The number of aliphatic imine (C=N–C) groups is 1. The number of hydrogen-bond acceptors (Lipinski definition) is 4. The third-order valence-corrected chi connectivity index (χ3v) is 4.21. The summed E-state index contributed by atoms with van der Waals surface area (Å²) in [4.78, 5) is 13.1. The Balaban J connectivity index is 2.01. The average Bonchev–Trinajstić information content (AvgIpc) is 2.37. The number of aryl methyl sites for hydroxylation is 1. The molecule has 1 aliphatic rings. The van der Waals surface area contributed by atoms with Gasteiger partial charge in [0.05, 0.1) is 12.2 Å². The molecular formula is C13H20N4S. The van der Waals surface area contributed by atoms with Gasteiger partial charge < -0.3 is 5.32 Å². The minimum atomic E-state index is 0.200. The molecule has 0 radical (unpaired) electrons. The van der Waals surface area contributed by atoms with E-state index < -0.39 is 0 Å². The Labute approximate surface area is 113 Å². The monoisotopic (exact) mass is 264 g/mol.